The van der Waals surface area contributed by atoms with Gasteiger partial charge in [0, 0.05) is 31.2 Å². The van der Waals surface area contributed by atoms with E-state index in [4.69, 9.17) is 0 Å². The molecule has 2 N–H and O–H groups in total. The van der Waals surface area contributed by atoms with Gasteiger partial charge in [0.15, 0.2) is 0 Å². The van der Waals surface area contributed by atoms with Gasteiger partial charge in [-0.1, -0.05) is 18.2 Å². The van der Waals surface area contributed by atoms with Crippen LogP contribution in [0.2, 0.25) is 0 Å². The number of amides is 1. The van der Waals surface area contributed by atoms with E-state index in [1.165, 1.54) is 38.2 Å². The summed E-state index contributed by atoms with van der Waals surface area (Å²) >= 11 is 0. The molecule has 1 heterocycles. The smallest absolute Gasteiger partial charge is 0.237 e. The average molecular weight is 428 g/mol. The van der Waals surface area contributed by atoms with Gasteiger partial charge >= 0.3 is 0 Å². The summed E-state index contributed by atoms with van der Waals surface area (Å²) in [6.07, 6.45) is 8.58. The molecule has 31 heavy (non-hydrogen) atoms. The van der Waals surface area contributed by atoms with E-state index in [1.807, 2.05) is 6.07 Å². The molecule has 0 unspecified atom stereocenters. The van der Waals surface area contributed by atoms with Crippen molar-refractivity contribution in [3.8, 4) is 0 Å². The third-order valence-electron chi connectivity index (χ3n) is 8.61. The van der Waals surface area contributed by atoms with E-state index in [-0.39, 0.29) is 17.8 Å². The fourth-order valence-corrected chi connectivity index (χ4v) is 7.42. The third kappa shape index (κ3) is 4.41. The molecule has 1 amide bonds. The molecule has 4 aliphatic carbocycles. The van der Waals surface area contributed by atoms with Crippen molar-refractivity contribution in [3.05, 3.63) is 35.6 Å². The Balaban J connectivity index is 1.17. The standard InChI is InChI=1S/C26H38FN3O/c1-16(2)30-15-22(29-25-20-10-17-9-18(12-20)13-21(25)11-17)14-24(30)26(31)28-8-7-19-5-3-4-6-23(19)27/h3-6,16-18,20-22,24-25,29H,7-15H2,1-2H3,(H,28,31)/t17?,18?,20?,21?,22-,24+,25?/m1/s1. The van der Waals surface area contributed by atoms with E-state index in [0.29, 0.717) is 36.7 Å². The van der Waals surface area contributed by atoms with Crippen molar-refractivity contribution in [2.45, 2.75) is 83.0 Å². The van der Waals surface area contributed by atoms with Gasteiger partial charge in [-0.25, -0.2) is 4.39 Å². The Labute approximate surface area is 186 Å². The van der Waals surface area contributed by atoms with Crippen LogP contribution in [-0.4, -0.2) is 48.1 Å². The number of carbonyl (C=O) groups is 1. The van der Waals surface area contributed by atoms with E-state index in [0.717, 1.165) is 36.6 Å². The highest BCUT2D eigenvalue weighted by Gasteiger charge is 2.49. The maximum atomic E-state index is 13.9. The van der Waals surface area contributed by atoms with Crippen molar-refractivity contribution in [3.63, 3.8) is 0 Å². The zero-order valence-corrected chi connectivity index (χ0v) is 19.0. The molecule has 5 fully saturated rings. The number of likely N-dealkylation sites (tertiary alicyclic amines) is 1. The highest BCUT2D eigenvalue weighted by Crippen LogP contribution is 2.53. The Kier molecular flexibility index (Phi) is 6.09. The summed E-state index contributed by atoms with van der Waals surface area (Å²) in [4.78, 5) is 15.4. The summed E-state index contributed by atoms with van der Waals surface area (Å²) in [6, 6.07) is 8.13. The number of rotatable bonds is 7. The maximum absolute atomic E-state index is 13.9. The molecule has 1 aliphatic heterocycles. The molecular weight excluding hydrogens is 389 g/mol. The lowest BCUT2D eigenvalue weighted by atomic mass is 9.54. The number of nitrogens with one attached hydrogen (secondary N) is 2. The van der Waals surface area contributed by atoms with Crippen LogP contribution < -0.4 is 10.6 Å². The summed E-state index contributed by atoms with van der Waals surface area (Å²) in [5.74, 6) is 3.60. The summed E-state index contributed by atoms with van der Waals surface area (Å²) in [5.41, 5.74) is 0.663. The monoisotopic (exact) mass is 427 g/mol. The molecule has 1 aromatic carbocycles. The minimum atomic E-state index is -0.193. The number of halogens is 1. The van der Waals surface area contributed by atoms with E-state index in [2.05, 4.69) is 29.4 Å². The molecule has 1 saturated heterocycles. The Morgan fingerprint density at radius 1 is 1.06 bits per heavy atom. The van der Waals surface area contributed by atoms with E-state index in [9.17, 15) is 9.18 Å². The zero-order chi connectivity index (χ0) is 21.5. The fraction of sp³-hybridized carbons (Fsp3) is 0.731. The predicted molar refractivity (Wildman–Crippen MR) is 121 cm³/mol. The summed E-state index contributed by atoms with van der Waals surface area (Å²) in [7, 11) is 0. The quantitative estimate of drug-likeness (QED) is 0.697. The van der Waals surface area contributed by atoms with Gasteiger partial charge in [0.05, 0.1) is 6.04 Å². The van der Waals surface area contributed by atoms with E-state index >= 15 is 0 Å². The molecule has 5 aliphatic rings. The first-order valence-corrected chi connectivity index (χ1v) is 12.5. The highest BCUT2D eigenvalue weighted by molar-refractivity contribution is 5.82. The Hall–Kier alpha value is -1.46. The molecule has 6 rings (SSSR count). The van der Waals surface area contributed by atoms with Gasteiger partial charge in [0.25, 0.3) is 0 Å². The number of carbonyl (C=O) groups excluding carboxylic acids is 1. The van der Waals surface area contributed by atoms with Crippen LogP contribution in [0.3, 0.4) is 0 Å². The van der Waals surface area contributed by atoms with Gasteiger partial charge < -0.3 is 10.6 Å². The third-order valence-corrected chi connectivity index (χ3v) is 8.61. The van der Waals surface area contributed by atoms with Crippen LogP contribution in [-0.2, 0) is 11.2 Å². The molecule has 0 spiro atoms. The van der Waals surface area contributed by atoms with Crippen LogP contribution in [0.15, 0.2) is 24.3 Å². The summed E-state index contributed by atoms with van der Waals surface area (Å²) < 4.78 is 13.9. The molecule has 5 heteroatoms. The van der Waals surface area contributed by atoms with Gasteiger partial charge in [0.1, 0.15) is 5.82 Å². The second-order valence-electron chi connectivity index (χ2n) is 11.0. The first-order valence-electron chi connectivity index (χ1n) is 12.5. The first-order chi connectivity index (χ1) is 15.0. The van der Waals surface area contributed by atoms with Crippen LogP contribution in [0, 0.1) is 29.5 Å². The van der Waals surface area contributed by atoms with Crippen molar-refractivity contribution >= 4 is 5.91 Å². The van der Waals surface area contributed by atoms with Gasteiger partial charge in [-0.2, -0.15) is 0 Å². The zero-order valence-electron chi connectivity index (χ0n) is 19.0. The Morgan fingerprint density at radius 3 is 2.39 bits per heavy atom. The van der Waals surface area contributed by atoms with Crippen molar-refractivity contribution < 1.29 is 9.18 Å². The summed E-state index contributed by atoms with van der Waals surface area (Å²) in [6.45, 7) is 5.80. The number of hydrogen-bond donors (Lipinski definition) is 2. The van der Waals surface area contributed by atoms with Crippen LogP contribution >= 0.6 is 0 Å². The minimum absolute atomic E-state index is 0.0880. The van der Waals surface area contributed by atoms with E-state index in [1.54, 1.807) is 12.1 Å². The molecular formula is C26H38FN3O. The number of benzene rings is 1. The van der Waals surface area contributed by atoms with Gasteiger partial charge in [0.2, 0.25) is 5.91 Å². The Morgan fingerprint density at radius 2 is 1.74 bits per heavy atom. The average Bonchev–Trinajstić information content (AvgIpc) is 3.16. The lowest BCUT2D eigenvalue weighted by Crippen LogP contribution is -2.57. The first kappa shape index (κ1) is 21.4. The van der Waals surface area contributed by atoms with Gasteiger partial charge in [-0.3, -0.25) is 9.69 Å². The van der Waals surface area contributed by atoms with Crippen molar-refractivity contribution in [2.24, 2.45) is 23.7 Å². The second kappa shape index (κ2) is 8.82. The Bertz CT molecular complexity index is 769. The van der Waals surface area contributed by atoms with Crippen LogP contribution in [0.4, 0.5) is 4.39 Å². The molecule has 1 aromatic rings. The minimum Gasteiger partial charge on any atom is -0.354 e. The number of nitrogens with zero attached hydrogens (tertiary/aromatic N) is 1. The molecule has 4 nitrogen and oxygen atoms in total. The second-order valence-corrected chi connectivity index (χ2v) is 11.0. The fourth-order valence-electron chi connectivity index (χ4n) is 7.42. The number of hydrogen-bond acceptors (Lipinski definition) is 3. The van der Waals surface area contributed by atoms with Gasteiger partial charge in [-0.05, 0) is 94.1 Å². The molecule has 4 saturated carbocycles. The molecule has 4 bridgehead atoms. The van der Waals surface area contributed by atoms with E-state index < -0.39 is 0 Å². The van der Waals surface area contributed by atoms with Gasteiger partial charge in [-0.15, -0.1) is 0 Å². The lowest BCUT2D eigenvalue weighted by Gasteiger charge is -2.55. The topological polar surface area (TPSA) is 44.4 Å². The highest BCUT2D eigenvalue weighted by atomic mass is 19.1. The van der Waals surface area contributed by atoms with Crippen molar-refractivity contribution in [1.29, 1.82) is 0 Å². The molecule has 2 atom stereocenters. The molecule has 0 aromatic heterocycles. The van der Waals surface area contributed by atoms with Crippen molar-refractivity contribution in [1.82, 2.24) is 15.5 Å². The van der Waals surface area contributed by atoms with Crippen LogP contribution in [0.25, 0.3) is 0 Å². The lowest BCUT2D eigenvalue weighted by molar-refractivity contribution is -0.126. The largest absolute Gasteiger partial charge is 0.354 e. The maximum Gasteiger partial charge on any atom is 0.237 e. The normalized spacial score (nSPS) is 37.0. The van der Waals surface area contributed by atoms with Crippen molar-refractivity contribution in [2.75, 3.05) is 13.1 Å². The van der Waals surface area contributed by atoms with Crippen LogP contribution in [0.5, 0.6) is 0 Å². The molecule has 170 valence electrons. The van der Waals surface area contributed by atoms with Crippen LogP contribution in [0.1, 0.15) is 57.9 Å². The molecule has 0 radical (unpaired) electrons. The summed E-state index contributed by atoms with van der Waals surface area (Å²) in [5, 5.41) is 7.13. The predicted octanol–water partition coefficient (Wildman–Crippen LogP) is 3.75. The SMILES string of the molecule is CC(C)N1C[C@H](NC2C3CC4CC(C3)CC2C4)C[C@H]1C(=O)NCCc1ccccc1F.